The number of allylic oxidation sites excluding steroid dienone is 1. The summed E-state index contributed by atoms with van der Waals surface area (Å²) >= 11 is 0. The van der Waals surface area contributed by atoms with E-state index in [2.05, 4.69) is 193 Å². The summed E-state index contributed by atoms with van der Waals surface area (Å²) in [6.07, 6.45) is 6.07. The molecule has 11 rings (SSSR count). The molecular formula is C51H35N. The number of nitrogens with zero attached hydrogens (tertiary/aromatic N) is 1. The minimum Gasteiger partial charge on any atom is -0.310 e. The molecule has 0 aliphatic heterocycles. The van der Waals surface area contributed by atoms with Crippen molar-refractivity contribution in [3.05, 3.63) is 193 Å². The summed E-state index contributed by atoms with van der Waals surface area (Å²) in [4.78, 5) is 2.39. The average Bonchev–Trinajstić information content (AvgIpc) is 4.02. The monoisotopic (exact) mass is 661 g/mol. The highest BCUT2D eigenvalue weighted by Gasteiger charge is 2.40. The highest BCUT2D eigenvalue weighted by molar-refractivity contribution is 6.14. The molecule has 244 valence electrons. The van der Waals surface area contributed by atoms with Crippen molar-refractivity contribution < 1.29 is 0 Å². The second-order valence-corrected chi connectivity index (χ2v) is 14.5. The van der Waals surface area contributed by atoms with E-state index < -0.39 is 0 Å². The maximum Gasteiger partial charge on any atom is 0.0468 e. The number of hydrogen-bond donors (Lipinski definition) is 0. The van der Waals surface area contributed by atoms with E-state index in [1.54, 1.807) is 0 Å². The minimum atomic E-state index is 0.668. The smallest absolute Gasteiger partial charge is 0.0468 e. The Morgan fingerprint density at radius 2 is 0.942 bits per heavy atom. The Morgan fingerprint density at radius 1 is 0.404 bits per heavy atom. The predicted octanol–water partition coefficient (Wildman–Crippen LogP) is 14.2. The third-order valence-corrected chi connectivity index (χ3v) is 11.5. The van der Waals surface area contributed by atoms with Crippen LogP contribution in [0.5, 0.6) is 0 Å². The van der Waals surface area contributed by atoms with Crippen LogP contribution in [-0.4, -0.2) is 0 Å². The normalized spacial score (nSPS) is 15.9. The van der Waals surface area contributed by atoms with Gasteiger partial charge < -0.3 is 4.90 Å². The molecule has 1 fully saturated rings. The topological polar surface area (TPSA) is 3.24 Å². The van der Waals surface area contributed by atoms with Crippen LogP contribution in [0.3, 0.4) is 0 Å². The number of rotatable bonds is 5. The summed E-state index contributed by atoms with van der Waals surface area (Å²) in [7, 11) is 0. The summed E-state index contributed by atoms with van der Waals surface area (Å²) in [6, 6.07) is 65.0. The summed E-state index contributed by atoms with van der Waals surface area (Å²) in [5, 5.41) is 10.3. The van der Waals surface area contributed by atoms with Crippen LogP contribution < -0.4 is 4.90 Å². The SMILES string of the molecule is C1=CC2CC2c2cc(-c3ccc(N(c4ccc(-c5cc6ccccc6c6ccccc56)cc4)c4ccc5ccccc5c4)cc3)c3ccccc3c21. The van der Waals surface area contributed by atoms with Gasteiger partial charge in [-0.2, -0.15) is 0 Å². The van der Waals surface area contributed by atoms with Gasteiger partial charge in [0.05, 0.1) is 0 Å². The Labute approximate surface area is 303 Å². The molecule has 9 aromatic carbocycles. The number of anilines is 3. The second kappa shape index (κ2) is 11.5. The molecule has 0 spiro atoms. The van der Waals surface area contributed by atoms with Crippen molar-refractivity contribution in [1.29, 1.82) is 0 Å². The molecule has 0 aromatic heterocycles. The zero-order chi connectivity index (χ0) is 34.2. The molecule has 2 aliphatic carbocycles. The van der Waals surface area contributed by atoms with Gasteiger partial charge in [0.15, 0.2) is 0 Å². The van der Waals surface area contributed by atoms with Gasteiger partial charge in [-0.1, -0.05) is 140 Å². The zero-order valence-corrected chi connectivity index (χ0v) is 28.7. The van der Waals surface area contributed by atoms with Crippen molar-refractivity contribution >= 4 is 66.2 Å². The van der Waals surface area contributed by atoms with Crippen molar-refractivity contribution in [2.45, 2.75) is 12.3 Å². The maximum atomic E-state index is 2.48. The zero-order valence-electron chi connectivity index (χ0n) is 28.7. The molecule has 9 aromatic rings. The first kappa shape index (κ1) is 29.3. The number of fused-ring (bicyclic) bond motifs is 9. The molecule has 1 heteroatoms. The molecule has 52 heavy (non-hydrogen) atoms. The van der Waals surface area contributed by atoms with Crippen LogP contribution in [0.4, 0.5) is 17.1 Å². The van der Waals surface area contributed by atoms with Crippen molar-refractivity contribution in [2.24, 2.45) is 5.92 Å². The van der Waals surface area contributed by atoms with Crippen LogP contribution >= 0.6 is 0 Å². The molecule has 0 saturated heterocycles. The lowest BCUT2D eigenvalue weighted by Crippen LogP contribution is -2.09. The lowest BCUT2D eigenvalue weighted by atomic mass is 9.87. The molecule has 0 heterocycles. The van der Waals surface area contributed by atoms with E-state index in [9.17, 15) is 0 Å². The fourth-order valence-corrected chi connectivity index (χ4v) is 8.79. The van der Waals surface area contributed by atoms with Crippen LogP contribution in [-0.2, 0) is 0 Å². The lowest BCUT2D eigenvalue weighted by Gasteiger charge is -2.26. The average molecular weight is 662 g/mol. The first-order valence-electron chi connectivity index (χ1n) is 18.4. The van der Waals surface area contributed by atoms with Crippen molar-refractivity contribution in [1.82, 2.24) is 0 Å². The molecule has 2 aliphatic rings. The largest absolute Gasteiger partial charge is 0.310 e. The van der Waals surface area contributed by atoms with Gasteiger partial charge in [-0.25, -0.2) is 0 Å². The lowest BCUT2D eigenvalue weighted by molar-refractivity contribution is 1.00. The molecule has 1 saturated carbocycles. The highest BCUT2D eigenvalue weighted by Crippen LogP contribution is 2.55. The molecule has 0 bridgehead atoms. The van der Waals surface area contributed by atoms with Crippen LogP contribution in [0.2, 0.25) is 0 Å². The summed E-state index contributed by atoms with van der Waals surface area (Å²) in [5.41, 5.74) is 11.4. The van der Waals surface area contributed by atoms with Crippen LogP contribution in [0.1, 0.15) is 23.5 Å². The Hall–Kier alpha value is -6.44. The number of benzene rings is 9. The van der Waals surface area contributed by atoms with Crippen LogP contribution in [0.15, 0.2) is 182 Å². The maximum absolute atomic E-state index is 2.48. The molecule has 0 amide bonds. The van der Waals surface area contributed by atoms with E-state index in [1.165, 1.54) is 82.9 Å². The van der Waals surface area contributed by atoms with Crippen molar-refractivity contribution in [3.63, 3.8) is 0 Å². The first-order chi connectivity index (χ1) is 25.8. The van der Waals surface area contributed by atoms with E-state index in [0.29, 0.717) is 11.8 Å². The summed E-state index contributed by atoms with van der Waals surface area (Å²) in [6.45, 7) is 0. The fraction of sp³-hybridized carbons (Fsp3) is 0.0588. The Morgan fingerprint density at radius 3 is 1.65 bits per heavy atom. The molecule has 0 N–H and O–H groups in total. The van der Waals surface area contributed by atoms with E-state index in [1.807, 2.05) is 0 Å². The Bertz CT molecular complexity index is 2880. The van der Waals surface area contributed by atoms with Gasteiger partial charge >= 0.3 is 0 Å². The van der Waals surface area contributed by atoms with Gasteiger partial charge in [-0.05, 0) is 143 Å². The van der Waals surface area contributed by atoms with Gasteiger partial charge in [0.25, 0.3) is 0 Å². The summed E-state index contributed by atoms with van der Waals surface area (Å²) < 4.78 is 0. The molecular weight excluding hydrogens is 627 g/mol. The van der Waals surface area contributed by atoms with Crippen molar-refractivity contribution in [2.75, 3.05) is 4.90 Å². The predicted molar refractivity (Wildman–Crippen MR) is 222 cm³/mol. The summed E-state index contributed by atoms with van der Waals surface area (Å²) in [5.74, 6) is 1.38. The van der Waals surface area contributed by atoms with E-state index in [-0.39, 0.29) is 0 Å². The van der Waals surface area contributed by atoms with E-state index >= 15 is 0 Å². The third-order valence-electron chi connectivity index (χ3n) is 11.5. The van der Waals surface area contributed by atoms with Gasteiger partial charge in [0.1, 0.15) is 0 Å². The van der Waals surface area contributed by atoms with Crippen molar-refractivity contribution in [3.8, 4) is 22.3 Å². The first-order valence-corrected chi connectivity index (χ1v) is 18.4. The Balaban J connectivity index is 1.03. The Kier molecular flexibility index (Phi) is 6.51. The van der Waals surface area contributed by atoms with E-state index in [4.69, 9.17) is 0 Å². The molecule has 2 unspecified atom stereocenters. The standard InChI is InChI=1S/C51H35N/c1-2-10-36-29-41(27-17-33(36)9-1)52(39-23-18-34(19-24-39)48-30-37-11-3-4-12-42(37)43-13-5-7-15-45(43)48)40-25-20-35(21-26-40)50-32-51-47(28-22-38-31-49(38)51)44-14-6-8-16-46(44)50/h1-30,32,38,49H,31H2. The van der Waals surface area contributed by atoms with E-state index in [0.717, 1.165) is 17.1 Å². The highest BCUT2D eigenvalue weighted by atomic mass is 15.1. The fourth-order valence-electron chi connectivity index (χ4n) is 8.79. The van der Waals surface area contributed by atoms with Crippen LogP contribution in [0.25, 0.3) is 71.4 Å². The van der Waals surface area contributed by atoms with Gasteiger partial charge in [0, 0.05) is 17.1 Å². The van der Waals surface area contributed by atoms with Gasteiger partial charge in [-0.3, -0.25) is 0 Å². The number of hydrogen-bond acceptors (Lipinski definition) is 1. The van der Waals surface area contributed by atoms with Gasteiger partial charge in [0.2, 0.25) is 0 Å². The second-order valence-electron chi connectivity index (χ2n) is 14.5. The molecule has 2 atom stereocenters. The third kappa shape index (κ3) is 4.70. The van der Waals surface area contributed by atoms with Crippen LogP contribution in [0, 0.1) is 5.92 Å². The quantitative estimate of drug-likeness (QED) is 0.166. The molecule has 0 radical (unpaired) electrons. The van der Waals surface area contributed by atoms with Gasteiger partial charge in [-0.15, -0.1) is 0 Å². The minimum absolute atomic E-state index is 0.668. The molecule has 1 nitrogen and oxygen atoms in total.